The summed E-state index contributed by atoms with van der Waals surface area (Å²) in [6.45, 7) is 4.83. The summed E-state index contributed by atoms with van der Waals surface area (Å²) in [5.74, 6) is 0.556. The number of rotatable bonds is 2. The van der Waals surface area contributed by atoms with Crippen LogP contribution in [0.3, 0.4) is 0 Å². The molecule has 0 aliphatic heterocycles. The lowest BCUT2D eigenvalue weighted by Crippen LogP contribution is -2.05. The minimum absolute atomic E-state index is 0.556. The van der Waals surface area contributed by atoms with E-state index < -0.39 is 0 Å². The van der Waals surface area contributed by atoms with E-state index in [1.54, 1.807) is 0 Å². The van der Waals surface area contributed by atoms with E-state index in [0.29, 0.717) is 5.95 Å². The van der Waals surface area contributed by atoms with Crippen molar-refractivity contribution in [1.82, 2.24) is 14.5 Å². The van der Waals surface area contributed by atoms with Crippen molar-refractivity contribution in [2.45, 2.75) is 20.4 Å². The summed E-state index contributed by atoms with van der Waals surface area (Å²) >= 11 is 0. The fourth-order valence-electron chi connectivity index (χ4n) is 2.32. The second kappa shape index (κ2) is 4.39. The maximum atomic E-state index is 6.06. The summed E-state index contributed by atoms with van der Waals surface area (Å²) in [5.41, 5.74) is 11.6. The number of nitrogens with zero attached hydrogens (tertiary/aromatic N) is 3. The van der Waals surface area contributed by atoms with E-state index in [9.17, 15) is 0 Å². The van der Waals surface area contributed by atoms with Crippen molar-refractivity contribution in [1.29, 1.82) is 0 Å². The van der Waals surface area contributed by atoms with Gasteiger partial charge in [0.15, 0.2) is 0 Å². The molecule has 0 saturated heterocycles. The quantitative estimate of drug-likeness (QED) is 0.763. The van der Waals surface area contributed by atoms with Crippen molar-refractivity contribution in [3.63, 3.8) is 0 Å². The Balaban J connectivity index is 2.13. The van der Waals surface area contributed by atoms with E-state index in [4.69, 9.17) is 5.73 Å². The summed E-state index contributed by atoms with van der Waals surface area (Å²) in [7, 11) is 0. The van der Waals surface area contributed by atoms with Gasteiger partial charge in [0.05, 0.1) is 17.6 Å². The number of hydrogen-bond acceptors (Lipinski definition) is 3. The molecule has 0 fully saturated rings. The topological polar surface area (TPSA) is 56.7 Å². The molecule has 0 bridgehead atoms. The van der Waals surface area contributed by atoms with Crippen LogP contribution in [-0.2, 0) is 6.54 Å². The fraction of sp³-hybridized carbons (Fsp3) is 0.200. The molecule has 2 aromatic heterocycles. The van der Waals surface area contributed by atoms with Crippen LogP contribution >= 0.6 is 0 Å². The Kier molecular flexibility index (Phi) is 2.71. The highest BCUT2D eigenvalue weighted by Crippen LogP contribution is 2.22. The van der Waals surface area contributed by atoms with Gasteiger partial charge in [0, 0.05) is 12.4 Å². The maximum absolute atomic E-state index is 6.06. The predicted octanol–water partition coefficient (Wildman–Crippen LogP) is 2.68. The molecule has 1 aromatic carbocycles. The average molecular weight is 252 g/mol. The molecule has 0 spiro atoms. The molecule has 0 radical (unpaired) electrons. The number of aromatic nitrogens is 3. The average Bonchev–Trinajstić information content (AvgIpc) is 2.71. The summed E-state index contributed by atoms with van der Waals surface area (Å²) in [4.78, 5) is 8.58. The lowest BCUT2D eigenvalue weighted by molar-refractivity contribution is 0.829. The first-order valence-electron chi connectivity index (χ1n) is 6.27. The van der Waals surface area contributed by atoms with E-state index in [2.05, 4.69) is 35.9 Å². The van der Waals surface area contributed by atoms with Crippen LogP contribution in [0, 0.1) is 13.8 Å². The molecule has 2 heterocycles. The highest BCUT2D eigenvalue weighted by Gasteiger charge is 2.10. The molecule has 4 heteroatoms. The lowest BCUT2D eigenvalue weighted by Gasteiger charge is -2.09. The van der Waals surface area contributed by atoms with E-state index in [-0.39, 0.29) is 0 Å². The van der Waals surface area contributed by atoms with Crippen LogP contribution in [0.5, 0.6) is 0 Å². The molecule has 4 nitrogen and oxygen atoms in total. The van der Waals surface area contributed by atoms with Crippen LogP contribution in [-0.4, -0.2) is 14.5 Å². The second-order valence-corrected chi connectivity index (χ2v) is 4.80. The van der Waals surface area contributed by atoms with Crippen LogP contribution in [0.15, 0.2) is 36.7 Å². The highest BCUT2D eigenvalue weighted by atomic mass is 15.1. The van der Waals surface area contributed by atoms with Gasteiger partial charge in [0.1, 0.15) is 0 Å². The van der Waals surface area contributed by atoms with Crippen LogP contribution in [0.1, 0.15) is 16.7 Å². The van der Waals surface area contributed by atoms with Crippen LogP contribution < -0.4 is 5.73 Å². The largest absolute Gasteiger partial charge is 0.369 e. The third kappa shape index (κ3) is 1.95. The number of para-hydroxylation sites is 1. The molecule has 0 aliphatic carbocycles. The zero-order valence-electron chi connectivity index (χ0n) is 11.1. The number of nitrogens with two attached hydrogens (primary N) is 1. The fourth-order valence-corrected chi connectivity index (χ4v) is 2.32. The zero-order valence-corrected chi connectivity index (χ0v) is 11.1. The summed E-state index contributed by atoms with van der Waals surface area (Å²) in [5, 5.41) is 0. The first-order valence-corrected chi connectivity index (χ1v) is 6.27. The van der Waals surface area contributed by atoms with Crippen molar-refractivity contribution in [3.05, 3.63) is 53.3 Å². The zero-order chi connectivity index (χ0) is 13.4. The Hall–Kier alpha value is -2.36. The third-order valence-corrected chi connectivity index (χ3v) is 3.48. The maximum Gasteiger partial charge on any atom is 0.201 e. The normalized spacial score (nSPS) is 11.1. The van der Waals surface area contributed by atoms with Gasteiger partial charge < -0.3 is 10.3 Å². The van der Waals surface area contributed by atoms with Gasteiger partial charge in [-0.2, -0.15) is 0 Å². The molecule has 3 aromatic rings. The van der Waals surface area contributed by atoms with E-state index in [1.165, 1.54) is 5.56 Å². The molecular formula is C15H16N4. The lowest BCUT2D eigenvalue weighted by atomic mass is 10.1. The number of anilines is 1. The first-order chi connectivity index (χ1) is 9.16. The van der Waals surface area contributed by atoms with Crippen LogP contribution in [0.4, 0.5) is 5.95 Å². The Morgan fingerprint density at radius 1 is 1.16 bits per heavy atom. The molecule has 2 N–H and O–H groups in total. The number of hydrogen-bond donors (Lipinski definition) is 1. The van der Waals surface area contributed by atoms with E-state index >= 15 is 0 Å². The SMILES string of the molecule is Cc1cnccc1Cn1c(N)nc2c(C)cccc21. The first kappa shape index (κ1) is 11.7. The highest BCUT2D eigenvalue weighted by molar-refractivity contribution is 5.81. The van der Waals surface area contributed by atoms with E-state index in [1.807, 2.05) is 29.1 Å². The van der Waals surface area contributed by atoms with Crippen LogP contribution in [0.25, 0.3) is 11.0 Å². The van der Waals surface area contributed by atoms with Crippen LogP contribution in [0.2, 0.25) is 0 Å². The standard InChI is InChI=1S/C15H16N4/c1-10-4-3-5-13-14(10)18-15(16)19(13)9-12-6-7-17-8-11(12)2/h3-8H,9H2,1-2H3,(H2,16,18). The molecule has 0 amide bonds. The molecule has 3 rings (SSSR count). The third-order valence-electron chi connectivity index (χ3n) is 3.48. The van der Waals surface area contributed by atoms with Gasteiger partial charge in [-0.05, 0) is 42.7 Å². The Morgan fingerprint density at radius 2 is 2.00 bits per heavy atom. The number of pyridine rings is 1. The predicted molar refractivity (Wildman–Crippen MR) is 77.0 cm³/mol. The number of benzene rings is 1. The summed E-state index contributed by atoms with van der Waals surface area (Å²) in [6.07, 6.45) is 3.68. The molecule has 0 aliphatic rings. The molecular weight excluding hydrogens is 236 g/mol. The molecule has 19 heavy (non-hydrogen) atoms. The minimum atomic E-state index is 0.556. The van der Waals surface area contributed by atoms with Gasteiger partial charge in [0.25, 0.3) is 0 Å². The van der Waals surface area contributed by atoms with Gasteiger partial charge in [-0.3, -0.25) is 4.98 Å². The summed E-state index contributed by atoms with van der Waals surface area (Å²) in [6, 6.07) is 8.17. The number of imidazole rings is 1. The molecule has 0 unspecified atom stereocenters. The number of aryl methyl sites for hydroxylation is 2. The minimum Gasteiger partial charge on any atom is -0.369 e. The molecule has 0 atom stereocenters. The number of fused-ring (bicyclic) bond motifs is 1. The van der Waals surface area contributed by atoms with Crippen molar-refractivity contribution >= 4 is 17.0 Å². The second-order valence-electron chi connectivity index (χ2n) is 4.80. The van der Waals surface area contributed by atoms with Gasteiger partial charge in [-0.25, -0.2) is 4.98 Å². The van der Waals surface area contributed by atoms with Crippen molar-refractivity contribution in [3.8, 4) is 0 Å². The van der Waals surface area contributed by atoms with Gasteiger partial charge in [0.2, 0.25) is 5.95 Å². The molecule has 0 saturated carbocycles. The monoisotopic (exact) mass is 252 g/mol. The van der Waals surface area contributed by atoms with Crippen molar-refractivity contribution in [2.24, 2.45) is 0 Å². The smallest absolute Gasteiger partial charge is 0.201 e. The number of nitrogen functional groups attached to an aromatic ring is 1. The van der Waals surface area contributed by atoms with Gasteiger partial charge >= 0.3 is 0 Å². The van der Waals surface area contributed by atoms with E-state index in [0.717, 1.165) is 28.7 Å². The van der Waals surface area contributed by atoms with Gasteiger partial charge in [-0.15, -0.1) is 0 Å². The van der Waals surface area contributed by atoms with Crippen molar-refractivity contribution in [2.75, 3.05) is 5.73 Å². The summed E-state index contributed by atoms with van der Waals surface area (Å²) < 4.78 is 2.05. The Morgan fingerprint density at radius 3 is 2.79 bits per heavy atom. The van der Waals surface area contributed by atoms with Gasteiger partial charge in [-0.1, -0.05) is 12.1 Å². The Labute approximate surface area is 111 Å². The Bertz CT molecular complexity index is 743. The van der Waals surface area contributed by atoms with Crippen molar-refractivity contribution < 1.29 is 0 Å². The molecule has 96 valence electrons.